The second-order valence-corrected chi connectivity index (χ2v) is 7.22. The molecular formula is C18H20N2O3S. The van der Waals surface area contributed by atoms with Gasteiger partial charge in [-0.25, -0.2) is 13.1 Å². The van der Waals surface area contributed by atoms with Gasteiger partial charge in [-0.05, 0) is 49.1 Å². The molecule has 0 spiro atoms. The topological polar surface area (TPSA) is 90.2 Å². The first-order valence-corrected chi connectivity index (χ1v) is 9.15. The number of aliphatic hydroxyl groups is 1. The smallest absolute Gasteiger partial charge is 0.241 e. The van der Waals surface area contributed by atoms with Crippen LogP contribution in [0.3, 0.4) is 0 Å². The van der Waals surface area contributed by atoms with Crippen molar-refractivity contribution in [3.05, 3.63) is 65.2 Å². The van der Waals surface area contributed by atoms with Crippen LogP contribution in [0.2, 0.25) is 0 Å². The molecule has 0 aliphatic heterocycles. The molecule has 0 aliphatic carbocycles. The predicted molar refractivity (Wildman–Crippen MR) is 91.7 cm³/mol. The number of nitrogens with zero attached hydrogens (tertiary/aromatic N) is 1. The molecule has 0 aliphatic rings. The molecule has 0 aromatic heterocycles. The lowest BCUT2D eigenvalue weighted by Gasteiger charge is -2.20. The number of rotatable bonds is 7. The Hall–Kier alpha value is -2.20. The van der Waals surface area contributed by atoms with E-state index in [2.05, 4.69) is 4.72 Å². The first-order chi connectivity index (χ1) is 11.5. The van der Waals surface area contributed by atoms with Crippen molar-refractivity contribution in [2.75, 3.05) is 6.61 Å². The number of hydrogen-bond donors (Lipinski definition) is 2. The largest absolute Gasteiger partial charge is 0.396 e. The maximum atomic E-state index is 12.7. The van der Waals surface area contributed by atoms with E-state index >= 15 is 0 Å². The summed E-state index contributed by atoms with van der Waals surface area (Å²) < 4.78 is 28.2. The van der Waals surface area contributed by atoms with Crippen LogP contribution in [0.15, 0.2) is 53.4 Å². The number of aliphatic hydroxyl groups excluding tert-OH is 1. The molecule has 0 saturated carbocycles. The van der Waals surface area contributed by atoms with Crippen molar-refractivity contribution in [2.24, 2.45) is 0 Å². The summed E-state index contributed by atoms with van der Waals surface area (Å²) in [7, 11) is -3.73. The van der Waals surface area contributed by atoms with Gasteiger partial charge in [-0.15, -0.1) is 0 Å². The van der Waals surface area contributed by atoms with Gasteiger partial charge in [0.25, 0.3) is 0 Å². The summed E-state index contributed by atoms with van der Waals surface area (Å²) in [6, 6.07) is 15.4. The standard InChI is InChI=1S/C18H20N2O3S/c1-14-12-15(13-19)9-10-18(14)24(22,23)20-17(8-5-11-21)16-6-3-2-4-7-16/h2-4,6-7,9-10,12,17,20-21H,5,8,11H2,1H3/t17-/m0/s1. The fourth-order valence-corrected chi connectivity index (χ4v) is 4.03. The average Bonchev–Trinajstić information content (AvgIpc) is 2.58. The van der Waals surface area contributed by atoms with E-state index in [0.29, 0.717) is 24.0 Å². The summed E-state index contributed by atoms with van der Waals surface area (Å²) >= 11 is 0. The minimum absolute atomic E-state index is 0.000948. The fraction of sp³-hybridized carbons (Fsp3) is 0.278. The van der Waals surface area contributed by atoms with Gasteiger partial charge in [0.2, 0.25) is 10.0 Å². The molecule has 2 rings (SSSR count). The van der Waals surface area contributed by atoms with Crippen LogP contribution in [0.4, 0.5) is 0 Å². The lowest BCUT2D eigenvalue weighted by molar-refractivity contribution is 0.278. The summed E-state index contributed by atoms with van der Waals surface area (Å²) in [5.41, 5.74) is 1.79. The summed E-state index contributed by atoms with van der Waals surface area (Å²) in [5, 5.41) is 18.0. The van der Waals surface area contributed by atoms with E-state index in [1.54, 1.807) is 13.0 Å². The monoisotopic (exact) mass is 344 g/mol. The lowest BCUT2D eigenvalue weighted by Crippen LogP contribution is -2.29. The van der Waals surface area contributed by atoms with Gasteiger partial charge in [-0.1, -0.05) is 30.3 Å². The zero-order valence-corrected chi connectivity index (χ0v) is 14.3. The van der Waals surface area contributed by atoms with Crippen LogP contribution in [-0.2, 0) is 10.0 Å². The maximum Gasteiger partial charge on any atom is 0.241 e. The van der Waals surface area contributed by atoms with Gasteiger partial charge >= 0.3 is 0 Å². The van der Waals surface area contributed by atoms with E-state index in [1.165, 1.54) is 12.1 Å². The van der Waals surface area contributed by atoms with Gasteiger partial charge in [0, 0.05) is 12.6 Å². The van der Waals surface area contributed by atoms with Crippen LogP contribution < -0.4 is 4.72 Å². The van der Waals surface area contributed by atoms with E-state index in [-0.39, 0.29) is 11.5 Å². The SMILES string of the molecule is Cc1cc(C#N)ccc1S(=O)(=O)N[C@@H](CCCO)c1ccccc1. The molecule has 0 amide bonds. The Morgan fingerprint density at radius 3 is 2.50 bits per heavy atom. The Kier molecular flexibility index (Phi) is 6.10. The fourth-order valence-electron chi connectivity index (χ4n) is 2.55. The van der Waals surface area contributed by atoms with E-state index in [0.717, 1.165) is 5.56 Å². The van der Waals surface area contributed by atoms with Crippen LogP contribution in [-0.4, -0.2) is 20.1 Å². The third-order valence-corrected chi connectivity index (χ3v) is 5.38. The summed E-state index contributed by atoms with van der Waals surface area (Å²) in [6.07, 6.45) is 0.990. The van der Waals surface area contributed by atoms with Crippen molar-refractivity contribution >= 4 is 10.0 Å². The van der Waals surface area contributed by atoms with Crippen molar-refractivity contribution in [2.45, 2.75) is 30.7 Å². The molecule has 0 saturated heterocycles. The number of sulfonamides is 1. The van der Waals surface area contributed by atoms with Gasteiger partial charge in [-0.3, -0.25) is 0 Å². The first-order valence-electron chi connectivity index (χ1n) is 7.67. The van der Waals surface area contributed by atoms with Crippen molar-refractivity contribution < 1.29 is 13.5 Å². The Morgan fingerprint density at radius 2 is 1.92 bits per heavy atom. The van der Waals surface area contributed by atoms with Crippen LogP contribution >= 0.6 is 0 Å². The summed E-state index contributed by atoms with van der Waals surface area (Å²) in [6.45, 7) is 1.67. The van der Waals surface area contributed by atoms with Crippen LogP contribution in [0, 0.1) is 18.3 Å². The summed E-state index contributed by atoms with van der Waals surface area (Å²) in [4.78, 5) is 0.159. The first kappa shape index (κ1) is 18.1. The highest BCUT2D eigenvalue weighted by Gasteiger charge is 2.22. The molecule has 2 aromatic rings. The molecule has 5 nitrogen and oxygen atoms in total. The molecule has 2 N–H and O–H groups in total. The normalized spacial score (nSPS) is 12.5. The number of hydrogen-bond acceptors (Lipinski definition) is 4. The van der Waals surface area contributed by atoms with Crippen LogP contribution in [0.25, 0.3) is 0 Å². The molecule has 24 heavy (non-hydrogen) atoms. The molecular weight excluding hydrogens is 324 g/mol. The van der Waals surface area contributed by atoms with Gasteiger partial charge in [-0.2, -0.15) is 5.26 Å². The number of nitrogens with one attached hydrogen (secondary N) is 1. The quantitative estimate of drug-likeness (QED) is 0.808. The van der Waals surface area contributed by atoms with Crippen molar-refractivity contribution in [3.63, 3.8) is 0 Å². The second-order valence-electron chi connectivity index (χ2n) is 5.54. The predicted octanol–water partition coefficient (Wildman–Crippen LogP) is 2.66. The highest BCUT2D eigenvalue weighted by Crippen LogP contribution is 2.23. The number of benzene rings is 2. The molecule has 0 heterocycles. The molecule has 0 bridgehead atoms. The third-order valence-electron chi connectivity index (χ3n) is 3.74. The molecule has 0 fully saturated rings. The lowest BCUT2D eigenvalue weighted by atomic mass is 10.0. The van der Waals surface area contributed by atoms with E-state index in [1.807, 2.05) is 36.4 Å². The van der Waals surface area contributed by atoms with Gasteiger partial charge in [0.15, 0.2) is 0 Å². The minimum atomic E-state index is -3.73. The van der Waals surface area contributed by atoms with Gasteiger partial charge < -0.3 is 5.11 Å². The molecule has 2 aromatic carbocycles. The van der Waals surface area contributed by atoms with Crippen molar-refractivity contribution in [1.29, 1.82) is 5.26 Å². The average molecular weight is 344 g/mol. The minimum Gasteiger partial charge on any atom is -0.396 e. The highest BCUT2D eigenvalue weighted by atomic mass is 32.2. The number of nitriles is 1. The second kappa shape index (κ2) is 8.06. The van der Waals surface area contributed by atoms with Crippen molar-refractivity contribution in [1.82, 2.24) is 4.72 Å². The van der Waals surface area contributed by atoms with Crippen molar-refractivity contribution in [3.8, 4) is 6.07 Å². The van der Waals surface area contributed by atoms with E-state index in [4.69, 9.17) is 10.4 Å². The van der Waals surface area contributed by atoms with Crippen LogP contribution in [0.5, 0.6) is 0 Å². The third kappa shape index (κ3) is 4.42. The molecule has 6 heteroatoms. The molecule has 0 unspecified atom stereocenters. The molecule has 0 radical (unpaired) electrons. The zero-order chi connectivity index (χ0) is 17.6. The number of aryl methyl sites for hydroxylation is 1. The maximum absolute atomic E-state index is 12.7. The van der Waals surface area contributed by atoms with Gasteiger partial charge in [0.1, 0.15) is 0 Å². The molecule has 126 valence electrons. The van der Waals surface area contributed by atoms with Gasteiger partial charge in [0.05, 0.1) is 16.5 Å². The van der Waals surface area contributed by atoms with E-state index < -0.39 is 16.1 Å². The Balaban J connectivity index is 2.32. The van der Waals surface area contributed by atoms with Crippen LogP contribution in [0.1, 0.15) is 35.6 Å². The Labute approximate surface area is 142 Å². The molecule has 1 atom stereocenters. The Morgan fingerprint density at radius 1 is 1.21 bits per heavy atom. The highest BCUT2D eigenvalue weighted by molar-refractivity contribution is 7.89. The zero-order valence-electron chi connectivity index (χ0n) is 13.4. The Bertz CT molecular complexity index is 827. The summed E-state index contributed by atoms with van der Waals surface area (Å²) in [5.74, 6) is 0. The van der Waals surface area contributed by atoms with E-state index in [9.17, 15) is 8.42 Å².